The molecule has 0 saturated heterocycles. The number of aliphatic hydroxyl groups is 2. The molecule has 108 valence electrons. The molecule has 0 aromatic heterocycles. The fourth-order valence-corrected chi connectivity index (χ4v) is 4.45. The van der Waals surface area contributed by atoms with E-state index in [2.05, 4.69) is 6.92 Å². The highest BCUT2D eigenvalue weighted by atomic mass is 16.4. The van der Waals surface area contributed by atoms with E-state index in [1.165, 1.54) is 0 Å². The zero-order valence-electron chi connectivity index (χ0n) is 11.7. The molecule has 4 heteroatoms. The molecular weight excluding hydrogens is 244 g/mol. The SMILES string of the molecule is C[C@]12CCC[C@](C)(C(=O)O)[C@@H]1CC=C(CO)[C@@H]2CO. The zero-order valence-corrected chi connectivity index (χ0v) is 11.7. The fourth-order valence-electron chi connectivity index (χ4n) is 4.45. The molecule has 4 atom stereocenters. The number of aliphatic carboxylic acids is 1. The quantitative estimate of drug-likeness (QED) is 0.682. The van der Waals surface area contributed by atoms with Gasteiger partial charge < -0.3 is 15.3 Å². The lowest BCUT2D eigenvalue weighted by molar-refractivity contribution is -0.163. The van der Waals surface area contributed by atoms with Crippen molar-refractivity contribution >= 4 is 5.97 Å². The first-order valence-electron chi connectivity index (χ1n) is 7.04. The standard InChI is InChI=1S/C15H24O4/c1-14-6-3-7-15(2,13(18)19)12(14)5-4-10(8-16)11(14)9-17/h4,11-12,16-17H,3,5-9H2,1-2H3,(H,18,19)/t11-,12+,14+,15-/m0/s1. The first-order valence-corrected chi connectivity index (χ1v) is 7.04. The Morgan fingerprint density at radius 1 is 1.37 bits per heavy atom. The maximum absolute atomic E-state index is 11.7. The fraction of sp³-hybridized carbons (Fsp3) is 0.800. The van der Waals surface area contributed by atoms with Crippen molar-refractivity contribution in [3.8, 4) is 0 Å². The topological polar surface area (TPSA) is 77.8 Å². The molecule has 2 rings (SSSR count). The van der Waals surface area contributed by atoms with Gasteiger partial charge in [0, 0.05) is 5.92 Å². The Morgan fingerprint density at radius 3 is 2.58 bits per heavy atom. The van der Waals surface area contributed by atoms with Gasteiger partial charge in [-0.15, -0.1) is 0 Å². The third-order valence-corrected chi connectivity index (χ3v) is 5.69. The summed E-state index contributed by atoms with van der Waals surface area (Å²) in [7, 11) is 0. The largest absolute Gasteiger partial charge is 0.481 e. The number of carboxylic acid groups (broad SMARTS) is 1. The van der Waals surface area contributed by atoms with E-state index in [4.69, 9.17) is 0 Å². The van der Waals surface area contributed by atoms with E-state index < -0.39 is 11.4 Å². The Bertz CT molecular complexity index is 403. The van der Waals surface area contributed by atoms with E-state index >= 15 is 0 Å². The summed E-state index contributed by atoms with van der Waals surface area (Å²) in [6.45, 7) is 3.86. The van der Waals surface area contributed by atoms with E-state index in [9.17, 15) is 20.1 Å². The first kappa shape index (κ1) is 14.5. The molecule has 4 nitrogen and oxygen atoms in total. The molecular formula is C15H24O4. The van der Waals surface area contributed by atoms with Crippen LogP contribution in [-0.4, -0.2) is 34.5 Å². The summed E-state index contributed by atoms with van der Waals surface area (Å²) < 4.78 is 0. The molecule has 1 fully saturated rings. The Morgan fingerprint density at radius 2 is 2.05 bits per heavy atom. The van der Waals surface area contributed by atoms with E-state index in [0.29, 0.717) is 12.8 Å². The van der Waals surface area contributed by atoms with Crippen molar-refractivity contribution in [3.05, 3.63) is 11.6 Å². The lowest BCUT2D eigenvalue weighted by Gasteiger charge is -2.55. The van der Waals surface area contributed by atoms with Crippen LogP contribution in [0.15, 0.2) is 11.6 Å². The van der Waals surface area contributed by atoms with Gasteiger partial charge in [-0.1, -0.05) is 19.4 Å². The highest BCUT2D eigenvalue weighted by molar-refractivity contribution is 5.75. The summed E-state index contributed by atoms with van der Waals surface area (Å²) in [5.74, 6) is -0.824. The number of hydrogen-bond donors (Lipinski definition) is 3. The monoisotopic (exact) mass is 268 g/mol. The molecule has 0 aliphatic heterocycles. The van der Waals surface area contributed by atoms with Gasteiger partial charge in [0.15, 0.2) is 0 Å². The summed E-state index contributed by atoms with van der Waals surface area (Å²) >= 11 is 0. The lowest BCUT2D eigenvalue weighted by Crippen LogP contribution is -2.53. The van der Waals surface area contributed by atoms with Gasteiger partial charge in [-0.05, 0) is 43.1 Å². The summed E-state index contributed by atoms with van der Waals surface area (Å²) in [4.78, 5) is 11.7. The van der Waals surface area contributed by atoms with Crippen LogP contribution in [0.25, 0.3) is 0 Å². The maximum atomic E-state index is 11.7. The van der Waals surface area contributed by atoms with E-state index in [1.54, 1.807) is 0 Å². The molecule has 0 heterocycles. The third kappa shape index (κ3) is 2.01. The van der Waals surface area contributed by atoms with Crippen molar-refractivity contribution in [3.63, 3.8) is 0 Å². The average Bonchev–Trinajstić information content (AvgIpc) is 2.36. The second kappa shape index (κ2) is 4.91. The van der Waals surface area contributed by atoms with Crippen molar-refractivity contribution in [1.82, 2.24) is 0 Å². The summed E-state index contributed by atoms with van der Waals surface area (Å²) in [5, 5.41) is 28.7. The minimum absolute atomic E-state index is 0.0188. The van der Waals surface area contributed by atoms with Gasteiger partial charge in [0.1, 0.15) is 0 Å². The van der Waals surface area contributed by atoms with Crippen molar-refractivity contribution < 1.29 is 20.1 Å². The van der Waals surface area contributed by atoms with Crippen LogP contribution in [-0.2, 0) is 4.79 Å². The predicted octanol–water partition coefficient (Wildman–Crippen LogP) is 1.81. The molecule has 0 aromatic rings. The molecule has 19 heavy (non-hydrogen) atoms. The Kier molecular flexibility index (Phi) is 3.76. The van der Waals surface area contributed by atoms with Gasteiger partial charge >= 0.3 is 5.97 Å². The summed E-state index contributed by atoms with van der Waals surface area (Å²) in [6, 6.07) is 0. The molecule has 0 unspecified atom stereocenters. The minimum atomic E-state index is -0.735. The molecule has 1 saturated carbocycles. The Balaban J connectivity index is 2.45. The summed E-state index contributed by atoms with van der Waals surface area (Å²) in [6.07, 6.45) is 5.11. The Hall–Kier alpha value is -0.870. The van der Waals surface area contributed by atoms with E-state index in [0.717, 1.165) is 18.4 Å². The van der Waals surface area contributed by atoms with Crippen LogP contribution in [0.2, 0.25) is 0 Å². The van der Waals surface area contributed by atoms with Gasteiger partial charge in [0.05, 0.1) is 18.6 Å². The van der Waals surface area contributed by atoms with Gasteiger partial charge in [-0.25, -0.2) is 0 Å². The molecule has 3 N–H and O–H groups in total. The van der Waals surface area contributed by atoms with Crippen LogP contribution in [0.1, 0.15) is 39.5 Å². The number of carboxylic acids is 1. The van der Waals surface area contributed by atoms with Crippen LogP contribution in [0.5, 0.6) is 0 Å². The number of allylic oxidation sites excluding steroid dienone is 1. The molecule has 0 amide bonds. The van der Waals surface area contributed by atoms with Crippen LogP contribution >= 0.6 is 0 Å². The summed E-state index contributed by atoms with van der Waals surface area (Å²) in [5.41, 5.74) is -0.0823. The second-order valence-electron chi connectivity index (χ2n) is 6.54. The zero-order chi connectivity index (χ0) is 14.3. The molecule has 2 aliphatic carbocycles. The smallest absolute Gasteiger partial charge is 0.309 e. The number of aliphatic hydroxyl groups excluding tert-OH is 2. The first-order chi connectivity index (χ1) is 8.90. The van der Waals surface area contributed by atoms with Crippen molar-refractivity contribution in [2.24, 2.45) is 22.7 Å². The lowest BCUT2D eigenvalue weighted by atomic mass is 9.48. The number of rotatable bonds is 3. The molecule has 0 aromatic carbocycles. The van der Waals surface area contributed by atoms with Crippen LogP contribution < -0.4 is 0 Å². The molecule has 2 aliphatic rings. The van der Waals surface area contributed by atoms with Gasteiger partial charge in [0.25, 0.3) is 0 Å². The predicted molar refractivity (Wildman–Crippen MR) is 71.6 cm³/mol. The molecule has 0 radical (unpaired) electrons. The molecule has 0 bridgehead atoms. The van der Waals surface area contributed by atoms with Crippen molar-refractivity contribution in [2.45, 2.75) is 39.5 Å². The van der Waals surface area contributed by atoms with Gasteiger partial charge in [-0.3, -0.25) is 4.79 Å². The molecule has 0 spiro atoms. The van der Waals surface area contributed by atoms with Crippen molar-refractivity contribution in [2.75, 3.05) is 13.2 Å². The van der Waals surface area contributed by atoms with Gasteiger partial charge in [-0.2, -0.15) is 0 Å². The van der Waals surface area contributed by atoms with E-state index in [1.807, 2.05) is 13.0 Å². The van der Waals surface area contributed by atoms with Crippen LogP contribution in [0.3, 0.4) is 0 Å². The maximum Gasteiger partial charge on any atom is 0.309 e. The van der Waals surface area contributed by atoms with Crippen LogP contribution in [0, 0.1) is 22.7 Å². The normalized spacial score (nSPS) is 42.4. The number of fused-ring (bicyclic) bond motifs is 1. The highest BCUT2D eigenvalue weighted by Gasteiger charge is 2.56. The Labute approximate surface area is 114 Å². The third-order valence-electron chi connectivity index (χ3n) is 5.69. The van der Waals surface area contributed by atoms with Crippen molar-refractivity contribution in [1.29, 1.82) is 0 Å². The average molecular weight is 268 g/mol. The highest BCUT2D eigenvalue weighted by Crippen LogP contribution is 2.59. The van der Waals surface area contributed by atoms with Gasteiger partial charge in [0.2, 0.25) is 0 Å². The number of hydrogen-bond acceptors (Lipinski definition) is 3. The van der Waals surface area contributed by atoms with E-state index in [-0.39, 0.29) is 30.5 Å². The second-order valence-corrected chi connectivity index (χ2v) is 6.54. The minimum Gasteiger partial charge on any atom is -0.481 e. The number of carbonyl (C=O) groups is 1. The van der Waals surface area contributed by atoms with Crippen LogP contribution in [0.4, 0.5) is 0 Å².